The quantitative estimate of drug-likeness (QED) is 0.817. The van der Waals surface area contributed by atoms with Crippen LogP contribution in [-0.2, 0) is 11.2 Å². The summed E-state index contributed by atoms with van der Waals surface area (Å²) in [6, 6.07) is 13.1. The number of carbonyl (C=O) groups excluding carboxylic acids is 1. The fraction of sp³-hybridized carbons (Fsp3) is 0.350. The second-order valence-electron chi connectivity index (χ2n) is 6.94. The fourth-order valence-electron chi connectivity index (χ4n) is 2.97. The first kappa shape index (κ1) is 18.7. The molecule has 1 aromatic carbocycles. The van der Waals surface area contributed by atoms with Gasteiger partial charge in [-0.2, -0.15) is 0 Å². The lowest BCUT2D eigenvalue weighted by Gasteiger charge is -2.20. The first-order valence-electron chi connectivity index (χ1n) is 8.88. The van der Waals surface area contributed by atoms with Gasteiger partial charge < -0.3 is 20.1 Å². The fourth-order valence-corrected chi connectivity index (χ4v) is 2.97. The molecule has 3 rings (SSSR count). The van der Waals surface area contributed by atoms with E-state index >= 15 is 0 Å². The molecule has 1 aliphatic heterocycles. The molecular weight excluding hydrogens is 346 g/mol. The molecule has 1 aromatic heterocycles. The van der Waals surface area contributed by atoms with Crippen LogP contribution in [0.5, 0.6) is 5.88 Å². The van der Waals surface area contributed by atoms with Crippen LogP contribution >= 0.6 is 0 Å². The second-order valence-corrected chi connectivity index (χ2v) is 6.94. The number of hydrogen-bond donors (Lipinski definition) is 2. The number of urea groups is 1. The number of benzene rings is 1. The maximum Gasteiger partial charge on any atom is 0.321 e. The monoisotopic (exact) mass is 369 g/mol. The number of hydrogen-bond acceptors (Lipinski definition) is 4. The summed E-state index contributed by atoms with van der Waals surface area (Å²) < 4.78 is 5.62. The topological polar surface area (TPSA) is 91.8 Å². The molecule has 0 saturated carbocycles. The number of amides is 2. The van der Waals surface area contributed by atoms with Crippen LogP contribution in [0.1, 0.15) is 18.9 Å². The van der Waals surface area contributed by atoms with Crippen LogP contribution in [-0.4, -0.2) is 46.7 Å². The van der Waals surface area contributed by atoms with Gasteiger partial charge in [0.25, 0.3) is 0 Å². The van der Waals surface area contributed by atoms with Crippen LogP contribution in [0.15, 0.2) is 48.7 Å². The Morgan fingerprint density at radius 1 is 1.26 bits per heavy atom. The number of aliphatic carboxylic acids is 1. The molecule has 1 unspecified atom stereocenters. The number of aromatic nitrogens is 1. The van der Waals surface area contributed by atoms with E-state index in [1.165, 1.54) is 16.7 Å². The summed E-state index contributed by atoms with van der Waals surface area (Å²) in [7, 11) is 0. The van der Waals surface area contributed by atoms with Crippen LogP contribution in [0.4, 0.5) is 10.5 Å². The third-order valence-corrected chi connectivity index (χ3v) is 4.75. The third-order valence-electron chi connectivity index (χ3n) is 4.75. The van der Waals surface area contributed by atoms with Crippen LogP contribution in [0.2, 0.25) is 0 Å². The van der Waals surface area contributed by atoms with Gasteiger partial charge in [-0.25, -0.2) is 9.78 Å². The molecular formula is C20H23N3O4. The summed E-state index contributed by atoms with van der Waals surface area (Å²) in [4.78, 5) is 29.3. The predicted molar refractivity (Wildman–Crippen MR) is 101 cm³/mol. The van der Waals surface area contributed by atoms with E-state index in [9.17, 15) is 14.7 Å². The lowest BCUT2D eigenvalue weighted by molar-refractivity contribution is -0.146. The molecule has 7 heteroatoms. The van der Waals surface area contributed by atoms with E-state index in [-0.39, 0.29) is 12.6 Å². The minimum absolute atomic E-state index is 0.197. The lowest BCUT2D eigenvalue weighted by atomic mass is 9.90. The zero-order valence-electron chi connectivity index (χ0n) is 15.2. The van der Waals surface area contributed by atoms with Crippen LogP contribution in [0.25, 0.3) is 0 Å². The maximum absolute atomic E-state index is 12.3. The van der Waals surface area contributed by atoms with Crippen molar-refractivity contribution in [2.24, 2.45) is 5.41 Å². The Balaban J connectivity index is 1.47. The Morgan fingerprint density at radius 3 is 2.67 bits per heavy atom. The molecule has 0 radical (unpaired) electrons. The highest BCUT2D eigenvalue weighted by atomic mass is 16.5. The van der Waals surface area contributed by atoms with Crippen molar-refractivity contribution in [1.82, 2.24) is 9.88 Å². The van der Waals surface area contributed by atoms with Crippen molar-refractivity contribution < 1.29 is 19.4 Å². The summed E-state index contributed by atoms with van der Waals surface area (Å²) in [6.45, 7) is 2.79. The number of carboxylic acids is 1. The lowest BCUT2D eigenvalue weighted by Crippen LogP contribution is -2.37. The molecule has 2 N–H and O–H groups in total. The Hall–Kier alpha value is -3.09. The van der Waals surface area contributed by atoms with E-state index in [0.29, 0.717) is 31.1 Å². The standard InChI is InChI=1S/C20H23N3O4/c1-20(18(24)25)10-11-23(14-20)19(26)22-16-7-8-17(21-13-16)27-12-9-15-5-3-2-4-6-15/h2-8,13H,9-12,14H2,1H3,(H,22,26)(H,24,25). The van der Waals surface area contributed by atoms with Gasteiger partial charge in [-0.15, -0.1) is 0 Å². The van der Waals surface area contributed by atoms with Gasteiger partial charge in [0, 0.05) is 25.6 Å². The molecule has 1 atom stereocenters. The summed E-state index contributed by atoms with van der Waals surface area (Å²) in [5.41, 5.74) is 0.853. The Labute approximate surface area is 158 Å². The van der Waals surface area contributed by atoms with Gasteiger partial charge in [-0.05, 0) is 25.0 Å². The van der Waals surface area contributed by atoms with Gasteiger partial charge in [-0.1, -0.05) is 30.3 Å². The molecule has 0 bridgehead atoms. The molecule has 2 aromatic rings. The first-order chi connectivity index (χ1) is 13.0. The van der Waals surface area contributed by atoms with E-state index in [4.69, 9.17) is 4.74 Å². The number of nitrogens with zero attached hydrogens (tertiary/aromatic N) is 2. The highest BCUT2D eigenvalue weighted by molar-refractivity contribution is 5.90. The van der Waals surface area contributed by atoms with Crippen LogP contribution < -0.4 is 10.1 Å². The number of rotatable bonds is 6. The van der Waals surface area contributed by atoms with E-state index in [0.717, 1.165) is 6.42 Å². The van der Waals surface area contributed by atoms with Crippen molar-refractivity contribution in [2.45, 2.75) is 19.8 Å². The zero-order chi connectivity index (χ0) is 19.3. The molecule has 7 nitrogen and oxygen atoms in total. The number of nitrogens with one attached hydrogen (secondary N) is 1. The summed E-state index contributed by atoms with van der Waals surface area (Å²) in [5, 5.41) is 12.0. The van der Waals surface area contributed by atoms with Crippen molar-refractivity contribution in [3.05, 3.63) is 54.2 Å². The summed E-state index contributed by atoms with van der Waals surface area (Å²) in [5.74, 6) is -0.389. The number of ether oxygens (including phenoxy) is 1. The van der Waals surface area contributed by atoms with Crippen LogP contribution in [0, 0.1) is 5.41 Å². The zero-order valence-corrected chi connectivity index (χ0v) is 15.2. The molecule has 2 heterocycles. The van der Waals surface area contributed by atoms with E-state index < -0.39 is 11.4 Å². The van der Waals surface area contributed by atoms with Gasteiger partial charge in [0.15, 0.2) is 0 Å². The summed E-state index contributed by atoms with van der Waals surface area (Å²) >= 11 is 0. The molecule has 142 valence electrons. The van der Waals surface area contributed by atoms with Gasteiger partial charge >= 0.3 is 12.0 Å². The largest absolute Gasteiger partial charge is 0.481 e. The second kappa shape index (κ2) is 8.07. The van der Waals surface area contributed by atoms with E-state index in [1.54, 1.807) is 19.1 Å². The average Bonchev–Trinajstić information content (AvgIpc) is 3.08. The third kappa shape index (κ3) is 4.75. The Bertz CT molecular complexity index is 795. The van der Waals surface area contributed by atoms with Crippen molar-refractivity contribution >= 4 is 17.7 Å². The minimum atomic E-state index is -0.883. The van der Waals surface area contributed by atoms with Gasteiger partial charge in [-0.3, -0.25) is 4.79 Å². The highest BCUT2D eigenvalue weighted by Gasteiger charge is 2.42. The first-order valence-corrected chi connectivity index (χ1v) is 8.88. The number of likely N-dealkylation sites (tertiary alicyclic amines) is 1. The molecule has 0 aliphatic carbocycles. The molecule has 2 amide bonds. The van der Waals surface area contributed by atoms with Gasteiger partial charge in [0.1, 0.15) is 0 Å². The smallest absolute Gasteiger partial charge is 0.321 e. The molecule has 27 heavy (non-hydrogen) atoms. The van der Waals surface area contributed by atoms with E-state index in [1.807, 2.05) is 30.3 Å². The minimum Gasteiger partial charge on any atom is -0.481 e. The number of carbonyl (C=O) groups is 2. The van der Waals surface area contributed by atoms with Crippen molar-refractivity contribution in [3.63, 3.8) is 0 Å². The molecule has 1 saturated heterocycles. The predicted octanol–water partition coefficient (Wildman–Crippen LogP) is 3.03. The maximum atomic E-state index is 12.3. The highest BCUT2D eigenvalue weighted by Crippen LogP contribution is 2.30. The number of pyridine rings is 1. The molecule has 1 aliphatic rings. The molecule has 1 fully saturated rings. The SMILES string of the molecule is CC1(C(=O)O)CCN(C(=O)Nc2ccc(OCCc3ccccc3)nc2)C1. The average molecular weight is 369 g/mol. The number of anilines is 1. The van der Waals surface area contributed by atoms with Gasteiger partial charge in [0.2, 0.25) is 5.88 Å². The summed E-state index contributed by atoms with van der Waals surface area (Å²) in [6.07, 6.45) is 2.77. The van der Waals surface area contributed by atoms with Crippen molar-refractivity contribution in [3.8, 4) is 5.88 Å². The normalized spacial score (nSPS) is 18.9. The van der Waals surface area contributed by atoms with E-state index in [2.05, 4.69) is 10.3 Å². The van der Waals surface area contributed by atoms with Crippen molar-refractivity contribution in [2.75, 3.05) is 25.0 Å². The molecule has 0 spiro atoms. The van der Waals surface area contributed by atoms with Crippen LogP contribution in [0.3, 0.4) is 0 Å². The van der Waals surface area contributed by atoms with Gasteiger partial charge in [0.05, 0.1) is 23.9 Å². The Kier molecular flexibility index (Phi) is 5.59. The van der Waals surface area contributed by atoms with Crippen molar-refractivity contribution in [1.29, 1.82) is 0 Å². The number of carboxylic acid groups (broad SMARTS) is 1. The Morgan fingerprint density at radius 2 is 2.04 bits per heavy atom.